The molecule has 0 unspecified atom stereocenters. The molecule has 0 amide bonds. The molecule has 12 rings (SSSR count). The third-order valence-electron chi connectivity index (χ3n) is 11.1. The molecule has 8 aromatic carbocycles. The molecule has 0 aliphatic carbocycles. The number of para-hydroxylation sites is 2. The lowest BCUT2D eigenvalue weighted by molar-refractivity contribution is 0.669. The minimum atomic E-state index is 0.598. The molecule has 12 aromatic rings. The van der Waals surface area contributed by atoms with Gasteiger partial charge in [0, 0.05) is 64.1 Å². The van der Waals surface area contributed by atoms with Crippen LogP contribution >= 0.6 is 11.3 Å². The number of benzene rings is 8. The van der Waals surface area contributed by atoms with Gasteiger partial charge in [-0.05, 0) is 59.7 Å². The van der Waals surface area contributed by atoms with Crippen LogP contribution in [0.1, 0.15) is 0 Å². The summed E-state index contributed by atoms with van der Waals surface area (Å²) < 4.78 is 11.1. The van der Waals surface area contributed by atoms with Crippen LogP contribution in [0.4, 0.5) is 0 Å². The Morgan fingerprint density at radius 2 is 1.04 bits per heavy atom. The minimum absolute atomic E-state index is 0.598. The molecule has 5 nitrogen and oxygen atoms in total. The topological polar surface area (TPSA) is 56.7 Å². The van der Waals surface area contributed by atoms with Crippen molar-refractivity contribution in [3.63, 3.8) is 0 Å². The van der Waals surface area contributed by atoms with Gasteiger partial charge in [-0.1, -0.05) is 133 Å². The van der Waals surface area contributed by atoms with Gasteiger partial charge in [-0.15, -0.1) is 11.3 Å². The third kappa shape index (κ3) is 5.12. The van der Waals surface area contributed by atoms with Crippen molar-refractivity contribution in [2.45, 2.75) is 0 Å². The highest BCUT2D eigenvalue weighted by molar-refractivity contribution is 7.26. The highest BCUT2D eigenvalue weighted by Crippen LogP contribution is 2.42. The van der Waals surface area contributed by atoms with Gasteiger partial charge < -0.3 is 8.98 Å². The van der Waals surface area contributed by atoms with Gasteiger partial charge in [0.05, 0.1) is 11.0 Å². The van der Waals surface area contributed by atoms with E-state index < -0.39 is 0 Å². The first-order valence-corrected chi connectivity index (χ1v) is 19.8. The number of nitrogens with zero attached hydrogens (tertiary/aromatic N) is 4. The van der Waals surface area contributed by atoms with Gasteiger partial charge in [0.2, 0.25) is 0 Å². The average molecular weight is 747 g/mol. The molecule has 0 radical (unpaired) electrons. The highest BCUT2D eigenvalue weighted by Gasteiger charge is 2.20. The summed E-state index contributed by atoms with van der Waals surface area (Å²) in [5.74, 6) is 1.86. The van der Waals surface area contributed by atoms with Crippen molar-refractivity contribution in [3.05, 3.63) is 182 Å². The Hall–Kier alpha value is -7.41. The zero-order chi connectivity index (χ0) is 37.5. The Kier molecular flexibility index (Phi) is 7.03. The number of hydrogen-bond acceptors (Lipinski definition) is 5. The fourth-order valence-electron chi connectivity index (χ4n) is 8.41. The van der Waals surface area contributed by atoms with Crippen molar-refractivity contribution in [3.8, 4) is 51.0 Å². The Morgan fingerprint density at radius 3 is 1.89 bits per heavy atom. The van der Waals surface area contributed by atoms with Crippen LogP contribution in [0.5, 0.6) is 0 Å². The monoisotopic (exact) mass is 746 g/mol. The second-order valence-corrected chi connectivity index (χ2v) is 15.5. The summed E-state index contributed by atoms with van der Waals surface area (Å²) in [4.78, 5) is 15.4. The van der Waals surface area contributed by atoms with Crippen LogP contribution in [-0.4, -0.2) is 19.5 Å². The Labute approximate surface area is 330 Å². The largest absolute Gasteiger partial charge is 0.456 e. The van der Waals surface area contributed by atoms with Crippen molar-refractivity contribution in [2.75, 3.05) is 0 Å². The van der Waals surface area contributed by atoms with Crippen LogP contribution in [0.25, 0.3) is 115 Å². The maximum atomic E-state index is 6.28. The van der Waals surface area contributed by atoms with E-state index >= 15 is 0 Å². The highest BCUT2D eigenvalue weighted by atomic mass is 32.1. The van der Waals surface area contributed by atoms with Crippen LogP contribution < -0.4 is 0 Å². The first-order chi connectivity index (χ1) is 28.2. The van der Waals surface area contributed by atoms with E-state index in [4.69, 9.17) is 19.4 Å². The maximum Gasteiger partial charge on any atom is 0.164 e. The van der Waals surface area contributed by atoms with Crippen molar-refractivity contribution >= 4 is 75.3 Å². The van der Waals surface area contributed by atoms with Gasteiger partial charge in [-0.2, -0.15) is 0 Å². The SMILES string of the molecule is c1ccc(-c2ccc3c4ccccc4n(-c4ccc5c(c4)sc4cccc(-c6nc(-c7ccccc7)nc(-c7ccc8c(c7)oc7ccccc78)n6)c45)c3c2)cc1. The molecule has 0 bridgehead atoms. The predicted octanol–water partition coefficient (Wildman–Crippen LogP) is 13.9. The number of fused-ring (bicyclic) bond motifs is 9. The van der Waals surface area contributed by atoms with E-state index in [0.29, 0.717) is 17.5 Å². The molecule has 6 heteroatoms. The summed E-state index contributed by atoms with van der Waals surface area (Å²) in [6.07, 6.45) is 0. The van der Waals surface area contributed by atoms with E-state index in [0.717, 1.165) is 49.7 Å². The average Bonchev–Trinajstić information content (AvgIpc) is 3.95. The zero-order valence-electron chi connectivity index (χ0n) is 30.4. The normalized spacial score (nSPS) is 11.9. The number of rotatable bonds is 5. The Bertz CT molecular complexity index is 3530. The fraction of sp³-hybridized carbons (Fsp3) is 0. The molecule has 0 atom stereocenters. The van der Waals surface area contributed by atoms with Gasteiger partial charge >= 0.3 is 0 Å². The molecule has 266 valence electrons. The molecule has 4 aromatic heterocycles. The number of hydrogen-bond donors (Lipinski definition) is 0. The number of thiophene rings is 1. The molecule has 0 saturated carbocycles. The quantitative estimate of drug-likeness (QED) is 0.176. The molecule has 4 heterocycles. The Balaban J connectivity index is 1.04. The van der Waals surface area contributed by atoms with E-state index in [1.54, 1.807) is 11.3 Å². The van der Waals surface area contributed by atoms with Crippen LogP contribution in [0.3, 0.4) is 0 Å². The minimum Gasteiger partial charge on any atom is -0.456 e. The van der Waals surface area contributed by atoms with Gasteiger partial charge in [0.25, 0.3) is 0 Å². The lowest BCUT2D eigenvalue weighted by Crippen LogP contribution is -2.00. The van der Waals surface area contributed by atoms with E-state index in [2.05, 4.69) is 132 Å². The summed E-state index contributed by atoms with van der Waals surface area (Å²) in [5, 5.41) is 6.95. The van der Waals surface area contributed by atoms with Gasteiger partial charge in [0.15, 0.2) is 17.5 Å². The number of aromatic nitrogens is 4. The van der Waals surface area contributed by atoms with Gasteiger partial charge in [-0.3, -0.25) is 0 Å². The molecular formula is C51H30N4OS. The fourth-order valence-corrected chi connectivity index (χ4v) is 9.57. The van der Waals surface area contributed by atoms with Gasteiger partial charge in [0.1, 0.15) is 11.2 Å². The molecule has 0 fully saturated rings. The Morgan fingerprint density at radius 1 is 0.386 bits per heavy atom. The van der Waals surface area contributed by atoms with Crippen LogP contribution in [0.2, 0.25) is 0 Å². The molecule has 0 aliphatic heterocycles. The van der Waals surface area contributed by atoms with Crippen molar-refractivity contribution in [2.24, 2.45) is 0 Å². The lowest BCUT2D eigenvalue weighted by atomic mass is 10.0. The molecule has 0 spiro atoms. The van der Waals surface area contributed by atoms with Crippen molar-refractivity contribution in [1.29, 1.82) is 0 Å². The lowest BCUT2D eigenvalue weighted by Gasteiger charge is -2.10. The second kappa shape index (κ2) is 12.6. The number of furan rings is 1. The summed E-state index contributed by atoms with van der Waals surface area (Å²) in [5.41, 5.74) is 10.3. The molecule has 0 aliphatic rings. The molecule has 0 N–H and O–H groups in total. The van der Waals surface area contributed by atoms with Gasteiger partial charge in [-0.25, -0.2) is 15.0 Å². The molecule has 0 saturated heterocycles. The van der Waals surface area contributed by atoms with Crippen LogP contribution in [-0.2, 0) is 0 Å². The van der Waals surface area contributed by atoms with Crippen LogP contribution in [0, 0.1) is 0 Å². The summed E-state index contributed by atoms with van der Waals surface area (Å²) in [7, 11) is 0. The summed E-state index contributed by atoms with van der Waals surface area (Å²) in [6.45, 7) is 0. The zero-order valence-corrected chi connectivity index (χ0v) is 31.2. The van der Waals surface area contributed by atoms with E-state index in [-0.39, 0.29) is 0 Å². The first-order valence-electron chi connectivity index (χ1n) is 19.0. The standard InChI is InChI=1S/C51H30N4OS/c1-3-12-31(13-4-1)33-22-25-37-36-16-7-9-19-42(36)55(43(37)28-33)35-24-27-40-47(30-35)57-46-21-11-18-41(48(40)46)51-53-49(32-14-5-2-6-15-32)52-50(54-51)34-23-26-39-38-17-8-10-20-44(38)56-45(39)29-34/h1-30H. The summed E-state index contributed by atoms with van der Waals surface area (Å²) in [6, 6.07) is 63.9. The molecule has 57 heavy (non-hydrogen) atoms. The van der Waals surface area contributed by atoms with Crippen molar-refractivity contribution in [1.82, 2.24) is 19.5 Å². The second-order valence-electron chi connectivity index (χ2n) is 14.4. The smallest absolute Gasteiger partial charge is 0.164 e. The maximum absolute atomic E-state index is 6.28. The van der Waals surface area contributed by atoms with E-state index in [1.807, 2.05) is 54.6 Å². The first kappa shape index (κ1) is 31.9. The summed E-state index contributed by atoms with van der Waals surface area (Å²) >= 11 is 1.80. The predicted molar refractivity (Wildman–Crippen MR) is 236 cm³/mol. The van der Waals surface area contributed by atoms with E-state index in [1.165, 1.54) is 47.7 Å². The van der Waals surface area contributed by atoms with Crippen LogP contribution in [0.15, 0.2) is 186 Å². The van der Waals surface area contributed by atoms with Crippen molar-refractivity contribution < 1.29 is 4.42 Å². The van der Waals surface area contributed by atoms with E-state index in [9.17, 15) is 0 Å². The third-order valence-corrected chi connectivity index (χ3v) is 12.2. The molecular weight excluding hydrogens is 717 g/mol.